The molecule has 25 heavy (non-hydrogen) atoms. The van der Waals surface area contributed by atoms with Gasteiger partial charge in [-0.1, -0.05) is 19.1 Å². The average molecular weight is 344 g/mol. The molecule has 0 unspecified atom stereocenters. The largest absolute Gasteiger partial charge is 0.507 e. The summed E-state index contributed by atoms with van der Waals surface area (Å²) in [6, 6.07) is 8.84. The molecule has 0 saturated heterocycles. The maximum absolute atomic E-state index is 13.6. The van der Waals surface area contributed by atoms with Crippen molar-refractivity contribution < 1.29 is 13.9 Å². The van der Waals surface area contributed by atoms with Gasteiger partial charge in [0.15, 0.2) is 17.5 Å². The van der Waals surface area contributed by atoms with Crippen molar-refractivity contribution in [2.24, 2.45) is 5.73 Å². The van der Waals surface area contributed by atoms with Crippen molar-refractivity contribution in [2.75, 3.05) is 11.9 Å². The fourth-order valence-electron chi connectivity index (χ4n) is 2.42. The lowest BCUT2D eigenvalue weighted by Crippen LogP contribution is -2.28. The Bertz CT molecular complexity index is 917. The Balaban J connectivity index is 2.12. The SMILES string of the molecule is CC[C@@H](N)CNc1nc(-c2cc(F)c(F)cc2O)nc2ccccc12. The van der Waals surface area contributed by atoms with Crippen molar-refractivity contribution in [3.63, 3.8) is 0 Å². The number of phenolic OH excluding ortho intramolecular Hbond substituents is 1. The minimum absolute atomic E-state index is 0.0208. The Labute approximate surface area is 143 Å². The van der Waals surface area contributed by atoms with E-state index in [2.05, 4.69) is 15.3 Å². The van der Waals surface area contributed by atoms with Crippen LogP contribution in [0.15, 0.2) is 36.4 Å². The van der Waals surface area contributed by atoms with Crippen molar-refractivity contribution in [1.29, 1.82) is 0 Å². The number of halogens is 2. The van der Waals surface area contributed by atoms with Gasteiger partial charge in [0.1, 0.15) is 11.6 Å². The summed E-state index contributed by atoms with van der Waals surface area (Å²) in [6.45, 7) is 2.48. The Hall–Kier alpha value is -2.80. The van der Waals surface area contributed by atoms with Crippen LogP contribution in [0, 0.1) is 11.6 Å². The predicted molar refractivity (Wildman–Crippen MR) is 93.3 cm³/mol. The maximum atomic E-state index is 13.6. The fraction of sp³-hybridized carbons (Fsp3) is 0.222. The highest BCUT2D eigenvalue weighted by Gasteiger charge is 2.16. The minimum Gasteiger partial charge on any atom is -0.507 e. The fourth-order valence-corrected chi connectivity index (χ4v) is 2.42. The number of benzene rings is 2. The highest BCUT2D eigenvalue weighted by molar-refractivity contribution is 5.90. The van der Waals surface area contributed by atoms with Gasteiger partial charge in [-0.2, -0.15) is 0 Å². The molecule has 0 bridgehead atoms. The number of nitrogens with two attached hydrogens (primary N) is 1. The van der Waals surface area contributed by atoms with E-state index in [0.29, 0.717) is 23.9 Å². The van der Waals surface area contributed by atoms with Gasteiger partial charge in [-0.25, -0.2) is 18.7 Å². The molecule has 0 saturated carbocycles. The lowest BCUT2D eigenvalue weighted by Gasteiger charge is -2.14. The van der Waals surface area contributed by atoms with Crippen LogP contribution < -0.4 is 11.1 Å². The molecule has 5 nitrogen and oxygen atoms in total. The quantitative estimate of drug-likeness (QED) is 0.660. The third-order valence-electron chi connectivity index (χ3n) is 3.94. The van der Waals surface area contributed by atoms with Crippen LogP contribution in [0.4, 0.5) is 14.6 Å². The van der Waals surface area contributed by atoms with Gasteiger partial charge in [-0.15, -0.1) is 0 Å². The predicted octanol–water partition coefficient (Wildman–Crippen LogP) is 3.43. The molecule has 4 N–H and O–H groups in total. The molecule has 3 aromatic rings. The molecule has 3 rings (SSSR count). The number of aromatic nitrogens is 2. The van der Waals surface area contributed by atoms with Crippen LogP contribution in [0.1, 0.15) is 13.3 Å². The molecular weight excluding hydrogens is 326 g/mol. The molecule has 1 aromatic heterocycles. The smallest absolute Gasteiger partial charge is 0.165 e. The van der Waals surface area contributed by atoms with Gasteiger partial charge in [-0.3, -0.25) is 0 Å². The number of nitrogens with zero attached hydrogens (tertiary/aromatic N) is 2. The standard InChI is InChI=1S/C18H18F2N4O/c1-2-10(21)9-22-17-11-5-3-4-6-15(11)23-18(24-17)12-7-13(19)14(20)8-16(12)25/h3-8,10,25H,2,9,21H2,1H3,(H,22,23,24)/t10-/m1/s1. The minimum atomic E-state index is -1.13. The molecular formula is C18H18F2N4O. The highest BCUT2D eigenvalue weighted by atomic mass is 19.2. The summed E-state index contributed by atoms with van der Waals surface area (Å²) >= 11 is 0. The van der Waals surface area contributed by atoms with Gasteiger partial charge in [0.2, 0.25) is 0 Å². The second kappa shape index (κ2) is 6.98. The van der Waals surface area contributed by atoms with Crippen LogP contribution >= 0.6 is 0 Å². The Morgan fingerprint density at radius 1 is 1.16 bits per heavy atom. The van der Waals surface area contributed by atoms with Gasteiger partial charge < -0.3 is 16.2 Å². The lowest BCUT2D eigenvalue weighted by molar-refractivity contribution is 0.456. The highest BCUT2D eigenvalue weighted by Crippen LogP contribution is 2.31. The summed E-state index contributed by atoms with van der Waals surface area (Å²) in [4.78, 5) is 8.74. The molecule has 1 heterocycles. The first-order valence-corrected chi connectivity index (χ1v) is 7.94. The van der Waals surface area contributed by atoms with Gasteiger partial charge in [-0.05, 0) is 24.6 Å². The molecule has 0 aliphatic heterocycles. The maximum Gasteiger partial charge on any atom is 0.165 e. The molecule has 2 aromatic carbocycles. The van der Waals surface area contributed by atoms with Crippen LogP contribution in [0.25, 0.3) is 22.3 Å². The molecule has 0 radical (unpaired) electrons. The number of para-hydroxylation sites is 1. The summed E-state index contributed by atoms with van der Waals surface area (Å²) in [5, 5.41) is 13.9. The van der Waals surface area contributed by atoms with Crippen molar-refractivity contribution in [3.8, 4) is 17.1 Å². The van der Waals surface area contributed by atoms with Gasteiger partial charge in [0, 0.05) is 24.0 Å². The number of fused-ring (bicyclic) bond motifs is 1. The lowest BCUT2D eigenvalue weighted by atomic mass is 10.1. The molecule has 0 aliphatic carbocycles. The Morgan fingerprint density at radius 3 is 2.64 bits per heavy atom. The first-order chi connectivity index (χ1) is 12.0. The van der Waals surface area contributed by atoms with Crippen molar-refractivity contribution in [2.45, 2.75) is 19.4 Å². The number of nitrogens with one attached hydrogen (secondary N) is 1. The number of rotatable bonds is 5. The van der Waals surface area contributed by atoms with Gasteiger partial charge in [0.05, 0.1) is 11.1 Å². The van der Waals surface area contributed by atoms with Gasteiger partial charge >= 0.3 is 0 Å². The Kier molecular flexibility index (Phi) is 4.76. The topological polar surface area (TPSA) is 84.1 Å². The van der Waals surface area contributed by atoms with E-state index in [1.54, 1.807) is 6.07 Å². The second-order valence-corrected chi connectivity index (χ2v) is 5.75. The van der Waals surface area contributed by atoms with Crippen molar-refractivity contribution in [3.05, 3.63) is 48.0 Å². The van der Waals surface area contributed by atoms with Crippen LogP contribution in [0.2, 0.25) is 0 Å². The van der Waals surface area contributed by atoms with E-state index in [-0.39, 0.29) is 17.4 Å². The first-order valence-electron chi connectivity index (χ1n) is 7.94. The zero-order valence-corrected chi connectivity index (χ0v) is 13.6. The second-order valence-electron chi connectivity index (χ2n) is 5.75. The summed E-state index contributed by atoms with van der Waals surface area (Å²) in [7, 11) is 0. The summed E-state index contributed by atoms with van der Waals surface area (Å²) in [6.07, 6.45) is 0.798. The van der Waals surface area contributed by atoms with Crippen molar-refractivity contribution in [1.82, 2.24) is 9.97 Å². The average Bonchev–Trinajstić information content (AvgIpc) is 2.62. The first kappa shape index (κ1) is 17.0. The number of aromatic hydroxyl groups is 1. The summed E-state index contributed by atoms with van der Waals surface area (Å²) < 4.78 is 26.8. The molecule has 7 heteroatoms. The summed E-state index contributed by atoms with van der Waals surface area (Å²) in [5.74, 6) is -2.01. The monoisotopic (exact) mass is 344 g/mol. The normalized spacial score (nSPS) is 12.3. The molecule has 130 valence electrons. The third kappa shape index (κ3) is 3.51. The zero-order valence-electron chi connectivity index (χ0n) is 13.6. The molecule has 0 spiro atoms. The van der Waals surface area contributed by atoms with Crippen molar-refractivity contribution >= 4 is 16.7 Å². The van der Waals surface area contributed by atoms with E-state index in [1.165, 1.54) is 0 Å². The van der Waals surface area contributed by atoms with Gasteiger partial charge in [0.25, 0.3) is 0 Å². The van der Waals surface area contributed by atoms with Crippen LogP contribution in [0.5, 0.6) is 5.75 Å². The summed E-state index contributed by atoms with van der Waals surface area (Å²) in [5.41, 5.74) is 6.57. The van der Waals surface area contributed by atoms with Crippen LogP contribution in [0.3, 0.4) is 0 Å². The van der Waals surface area contributed by atoms with E-state index >= 15 is 0 Å². The number of hydrogen-bond donors (Lipinski definition) is 3. The van der Waals surface area contributed by atoms with E-state index in [1.807, 2.05) is 25.1 Å². The van der Waals surface area contributed by atoms with E-state index in [4.69, 9.17) is 5.73 Å². The van der Waals surface area contributed by atoms with Crippen LogP contribution in [-0.4, -0.2) is 27.7 Å². The molecule has 0 amide bonds. The Morgan fingerprint density at radius 2 is 1.88 bits per heavy atom. The number of phenols is 1. The van der Waals surface area contributed by atoms with E-state index in [0.717, 1.165) is 17.9 Å². The molecule has 1 atom stereocenters. The van der Waals surface area contributed by atoms with Crippen LogP contribution in [-0.2, 0) is 0 Å². The number of hydrogen-bond acceptors (Lipinski definition) is 5. The molecule has 0 fully saturated rings. The van der Waals surface area contributed by atoms with E-state index < -0.39 is 17.4 Å². The van der Waals surface area contributed by atoms with E-state index in [9.17, 15) is 13.9 Å². The zero-order chi connectivity index (χ0) is 18.0. The molecule has 0 aliphatic rings. The third-order valence-corrected chi connectivity index (χ3v) is 3.94. The number of anilines is 1.